The summed E-state index contributed by atoms with van der Waals surface area (Å²) in [6, 6.07) is 1.60. The molecule has 0 aliphatic heterocycles. The van der Waals surface area contributed by atoms with Crippen LogP contribution in [0.1, 0.15) is 63.3 Å². The Bertz CT molecular complexity index is 1300. The van der Waals surface area contributed by atoms with Crippen molar-refractivity contribution in [1.29, 1.82) is 0 Å². The molecule has 2 atom stereocenters. The number of H-pyrrole nitrogens is 1. The van der Waals surface area contributed by atoms with Crippen molar-refractivity contribution >= 4 is 44.0 Å². The molecule has 1 saturated carbocycles. The molecule has 0 spiro atoms. The first-order valence-electron chi connectivity index (χ1n) is 10.6. The summed E-state index contributed by atoms with van der Waals surface area (Å²) in [5.41, 5.74) is 1.46. The van der Waals surface area contributed by atoms with Gasteiger partial charge in [-0.3, -0.25) is 0 Å². The predicted molar refractivity (Wildman–Crippen MR) is 126 cm³/mol. The number of hydrogen-bond acceptors (Lipinski definition) is 9. The lowest BCUT2D eigenvalue weighted by molar-refractivity contribution is 0.445. The highest BCUT2D eigenvalue weighted by Gasteiger charge is 2.37. The maximum atomic E-state index is 12.8. The second-order valence-corrected chi connectivity index (χ2v) is 12.3. The molecule has 0 aromatic carbocycles. The molecule has 4 rings (SSSR count). The van der Waals surface area contributed by atoms with Crippen molar-refractivity contribution in [2.75, 3.05) is 12.4 Å². The van der Waals surface area contributed by atoms with Gasteiger partial charge in [0.15, 0.2) is 21.1 Å². The van der Waals surface area contributed by atoms with Gasteiger partial charge >= 0.3 is 0 Å². The monoisotopic (exact) mass is 513 g/mol. The van der Waals surface area contributed by atoms with E-state index in [2.05, 4.69) is 32.9 Å². The molecule has 1 fully saturated rings. The van der Waals surface area contributed by atoms with Crippen molar-refractivity contribution in [1.82, 2.24) is 13.1 Å². The van der Waals surface area contributed by atoms with E-state index in [0.29, 0.717) is 18.1 Å². The van der Waals surface area contributed by atoms with Crippen LogP contribution in [0.3, 0.4) is 0 Å². The van der Waals surface area contributed by atoms with Crippen molar-refractivity contribution < 1.29 is 22.5 Å². The Balaban J connectivity index is 1.64. The second-order valence-electron chi connectivity index (χ2n) is 8.29. The molecule has 0 saturated heterocycles. The van der Waals surface area contributed by atoms with Gasteiger partial charge in [0.25, 0.3) is 10.0 Å². The predicted octanol–water partition coefficient (Wildman–Crippen LogP) is 4.20. The molecule has 0 amide bonds. The number of sulfonamides is 1. The highest BCUT2D eigenvalue weighted by atomic mass is 32.2. The molecule has 1 aliphatic carbocycles. The van der Waals surface area contributed by atoms with Crippen LogP contribution in [0.25, 0.3) is 0 Å². The van der Waals surface area contributed by atoms with E-state index < -0.39 is 26.9 Å². The molecule has 10 nitrogen and oxygen atoms in total. The van der Waals surface area contributed by atoms with Crippen LogP contribution in [0.15, 0.2) is 31.3 Å². The highest BCUT2D eigenvalue weighted by molar-refractivity contribution is 7.91. The highest BCUT2D eigenvalue weighted by Crippen LogP contribution is 2.42. The van der Waals surface area contributed by atoms with Crippen LogP contribution in [-0.2, 0) is 10.0 Å². The largest absolute Gasteiger partial charge is 0.548 e. The fourth-order valence-corrected chi connectivity index (χ4v) is 6.78. The minimum Gasteiger partial charge on any atom is -0.548 e. The van der Waals surface area contributed by atoms with Gasteiger partial charge in [-0.1, -0.05) is 20.8 Å². The molecule has 1 unspecified atom stereocenters. The van der Waals surface area contributed by atoms with E-state index in [4.69, 9.17) is 4.42 Å². The maximum Gasteiger partial charge on any atom is 0.256 e. The first-order chi connectivity index (χ1) is 15.6. The molecule has 3 aromatic heterocycles. The lowest BCUT2D eigenvalue weighted by atomic mass is 10.1. The lowest BCUT2D eigenvalue weighted by Crippen LogP contribution is -2.28. The molecule has 1 aliphatic rings. The van der Waals surface area contributed by atoms with Crippen LogP contribution < -0.4 is 10.8 Å². The topological polar surface area (TPSA) is 147 Å². The molecule has 0 bridgehead atoms. The van der Waals surface area contributed by atoms with Gasteiger partial charge in [-0.05, 0) is 36.8 Å². The molecule has 0 radical (unpaired) electrons. The number of aromatic amines is 1. The Labute approximate surface area is 199 Å². The summed E-state index contributed by atoms with van der Waals surface area (Å²) in [5, 5.41) is 15.0. The molecule has 3 N–H and O–H groups in total. The minimum absolute atomic E-state index is 0.0266. The summed E-state index contributed by atoms with van der Waals surface area (Å²) < 4.78 is 51.3. The number of anilines is 2. The summed E-state index contributed by atoms with van der Waals surface area (Å²) in [6.45, 7) is 6.10. The SMILES string of the molecule is CC[C@@H](N=c1[nH][s+]([O-])nc1Nc1csc(S(=O)(=O)N(C)C2CC2)c1O)c1cc(C(C)C)co1. The Kier molecular flexibility index (Phi) is 6.69. The fraction of sp³-hybridized carbons (Fsp3) is 0.500. The summed E-state index contributed by atoms with van der Waals surface area (Å²) in [4.78, 5) is 4.63. The van der Waals surface area contributed by atoms with E-state index in [9.17, 15) is 18.1 Å². The number of nitrogens with one attached hydrogen (secondary N) is 2. The number of aromatic nitrogens is 2. The fourth-order valence-electron chi connectivity index (χ4n) is 3.31. The van der Waals surface area contributed by atoms with Gasteiger partial charge in [-0.2, -0.15) is 4.31 Å². The van der Waals surface area contributed by atoms with Gasteiger partial charge in [0, 0.05) is 22.8 Å². The van der Waals surface area contributed by atoms with E-state index in [1.807, 2.05) is 13.0 Å². The number of furan rings is 1. The first-order valence-corrected chi connectivity index (χ1v) is 14.0. The standard InChI is InChI=1S/C20H27N5O5S3/c1-5-14(16-8-12(9-30-16)11(2)3)21-18-19(24-32(27)23-18)22-15-10-31-20(17(15)26)33(28,29)25(4)13-6-7-13/h8-11,13-14,26H,5-7H2,1-4H3,(H,21,23)(H,22,24)/t14-,32?/m1/s1. The number of aromatic hydroxyl groups is 1. The van der Waals surface area contributed by atoms with Crippen molar-refractivity contribution in [3.63, 3.8) is 0 Å². The normalized spacial score (nSPS) is 16.7. The van der Waals surface area contributed by atoms with E-state index in [1.165, 1.54) is 16.7 Å². The lowest BCUT2D eigenvalue weighted by Gasteiger charge is -2.15. The average Bonchev–Trinajstić information content (AvgIpc) is 3.20. The van der Waals surface area contributed by atoms with Crippen molar-refractivity contribution in [2.45, 2.75) is 62.2 Å². The summed E-state index contributed by atoms with van der Waals surface area (Å²) in [5.74, 6) is 0.749. The summed E-state index contributed by atoms with van der Waals surface area (Å²) in [6.07, 6.45) is 3.97. The number of nitrogens with zero attached hydrogens (tertiary/aromatic N) is 3. The van der Waals surface area contributed by atoms with E-state index in [0.717, 1.165) is 29.7 Å². The zero-order valence-corrected chi connectivity index (χ0v) is 21.2. The Hall–Kier alpha value is -2.19. The molecular weight excluding hydrogens is 486 g/mol. The van der Waals surface area contributed by atoms with Crippen molar-refractivity contribution in [3.8, 4) is 5.75 Å². The summed E-state index contributed by atoms with van der Waals surface area (Å²) in [7, 11) is -2.29. The first kappa shape index (κ1) is 24.0. The summed E-state index contributed by atoms with van der Waals surface area (Å²) >= 11 is -0.832. The minimum atomic E-state index is -3.80. The second kappa shape index (κ2) is 9.22. The molecule has 3 heterocycles. The molecule has 3 aromatic rings. The van der Waals surface area contributed by atoms with Gasteiger partial charge in [0.05, 0.1) is 12.0 Å². The number of rotatable bonds is 9. The molecule has 33 heavy (non-hydrogen) atoms. The van der Waals surface area contributed by atoms with E-state index in [-0.39, 0.29) is 33.3 Å². The van der Waals surface area contributed by atoms with E-state index in [1.54, 1.807) is 6.26 Å². The van der Waals surface area contributed by atoms with E-state index >= 15 is 0 Å². The molecular formula is C20H27N5O5S3. The third-order valence-electron chi connectivity index (χ3n) is 5.55. The van der Waals surface area contributed by atoms with Crippen molar-refractivity contribution in [3.05, 3.63) is 34.5 Å². The maximum absolute atomic E-state index is 12.8. The van der Waals surface area contributed by atoms with Gasteiger partial charge in [-0.15, -0.1) is 15.7 Å². The zero-order valence-electron chi connectivity index (χ0n) is 18.7. The third-order valence-corrected chi connectivity index (χ3v) is 9.67. The quantitative estimate of drug-likeness (QED) is 0.363. The van der Waals surface area contributed by atoms with Gasteiger partial charge < -0.3 is 19.4 Å². The molecule has 13 heteroatoms. The smallest absolute Gasteiger partial charge is 0.256 e. The van der Waals surface area contributed by atoms with Crippen LogP contribution in [0.5, 0.6) is 5.75 Å². The average molecular weight is 514 g/mol. The Morgan fingerprint density at radius 3 is 2.82 bits per heavy atom. The van der Waals surface area contributed by atoms with Crippen LogP contribution in [0.4, 0.5) is 11.5 Å². The third kappa shape index (κ3) is 4.87. The molecule has 180 valence electrons. The Morgan fingerprint density at radius 1 is 1.48 bits per heavy atom. The van der Waals surface area contributed by atoms with Gasteiger partial charge in [0.2, 0.25) is 11.3 Å². The van der Waals surface area contributed by atoms with Crippen LogP contribution in [0, 0.1) is 0 Å². The van der Waals surface area contributed by atoms with Crippen LogP contribution in [-0.4, -0.2) is 44.2 Å². The number of hydrogen-bond donors (Lipinski definition) is 3. The van der Waals surface area contributed by atoms with Crippen molar-refractivity contribution in [2.24, 2.45) is 4.99 Å². The van der Waals surface area contributed by atoms with Crippen LogP contribution in [0.2, 0.25) is 0 Å². The van der Waals surface area contributed by atoms with Gasteiger partial charge in [0.1, 0.15) is 11.8 Å². The van der Waals surface area contributed by atoms with Gasteiger partial charge in [-0.25, -0.2) is 13.4 Å². The van der Waals surface area contributed by atoms with Crippen LogP contribution >= 0.6 is 22.5 Å². The number of thiophene rings is 1. The Morgan fingerprint density at radius 2 is 2.21 bits per heavy atom. The zero-order chi connectivity index (χ0) is 23.9.